The zero-order valence-corrected chi connectivity index (χ0v) is 10.8. The van der Waals surface area contributed by atoms with Crippen LogP contribution in [-0.2, 0) is 4.79 Å². The van der Waals surface area contributed by atoms with Gasteiger partial charge in [-0.3, -0.25) is 4.79 Å². The minimum Gasteiger partial charge on any atom is -0.479 e. The van der Waals surface area contributed by atoms with Crippen LogP contribution in [0.3, 0.4) is 0 Å². The first kappa shape index (κ1) is 14.6. The van der Waals surface area contributed by atoms with Crippen LogP contribution in [-0.4, -0.2) is 34.7 Å². The van der Waals surface area contributed by atoms with E-state index in [1.54, 1.807) is 0 Å². The summed E-state index contributed by atoms with van der Waals surface area (Å²) >= 11 is 3.10. The third kappa shape index (κ3) is 4.08. The molecule has 0 aliphatic heterocycles. The number of carboxylic acid groups (broad SMARTS) is 1. The molecule has 1 aromatic carbocycles. The number of halogens is 2. The summed E-state index contributed by atoms with van der Waals surface area (Å²) in [6.07, 6.45) is -1.64. The Morgan fingerprint density at radius 2 is 2.11 bits per heavy atom. The maximum Gasteiger partial charge on any atom is 0.332 e. The molecule has 0 aliphatic rings. The van der Waals surface area contributed by atoms with Crippen LogP contribution >= 0.6 is 15.9 Å². The van der Waals surface area contributed by atoms with Crippen LogP contribution in [0.2, 0.25) is 0 Å². The summed E-state index contributed by atoms with van der Waals surface area (Å²) in [5.41, 5.74) is 0.111. The molecule has 0 heterocycles. The first-order valence-corrected chi connectivity index (χ1v) is 5.85. The molecule has 3 N–H and O–H groups in total. The van der Waals surface area contributed by atoms with Crippen molar-refractivity contribution in [3.05, 3.63) is 34.1 Å². The average molecular weight is 320 g/mol. The van der Waals surface area contributed by atoms with Crippen molar-refractivity contribution in [3.63, 3.8) is 0 Å². The molecular formula is C11H11BrFNO4. The van der Waals surface area contributed by atoms with Crippen molar-refractivity contribution in [2.24, 2.45) is 0 Å². The number of amides is 1. The molecule has 0 radical (unpaired) electrons. The molecular weight excluding hydrogens is 309 g/mol. The summed E-state index contributed by atoms with van der Waals surface area (Å²) in [4.78, 5) is 22.0. The summed E-state index contributed by atoms with van der Waals surface area (Å²) in [6.45, 7) is -0.0186. The Kier molecular flexibility index (Phi) is 5.24. The third-order valence-corrected chi connectivity index (χ3v) is 2.85. The van der Waals surface area contributed by atoms with Crippen molar-refractivity contribution in [2.75, 3.05) is 6.54 Å². The van der Waals surface area contributed by atoms with Crippen LogP contribution in [0.25, 0.3) is 0 Å². The summed E-state index contributed by atoms with van der Waals surface area (Å²) < 4.78 is 13.4. The van der Waals surface area contributed by atoms with Crippen molar-refractivity contribution in [3.8, 4) is 0 Å². The lowest BCUT2D eigenvalue weighted by molar-refractivity contribution is -0.146. The van der Waals surface area contributed by atoms with Crippen molar-refractivity contribution < 1.29 is 24.2 Å². The highest BCUT2D eigenvalue weighted by Crippen LogP contribution is 2.17. The van der Waals surface area contributed by atoms with Gasteiger partial charge in [0.05, 0.1) is 5.56 Å². The molecule has 18 heavy (non-hydrogen) atoms. The third-order valence-electron chi connectivity index (χ3n) is 2.16. The SMILES string of the molecule is O=C(NCCC(O)C(=O)O)c1cc(F)ccc1Br. The Morgan fingerprint density at radius 1 is 1.44 bits per heavy atom. The van der Waals surface area contributed by atoms with E-state index in [0.29, 0.717) is 4.47 Å². The number of hydrogen-bond acceptors (Lipinski definition) is 3. The number of carbonyl (C=O) groups excluding carboxylic acids is 1. The highest BCUT2D eigenvalue weighted by Gasteiger charge is 2.14. The minimum absolute atomic E-state index is 0.0186. The number of nitrogens with one attached hydrogen (secondary N) is 1. The largest absolute Gasteiger partial charge is 0.479 e. The van der Waals surface area contributed by atoms with E-state index in [-0.39, 0.29) is 18.5 Å². The molecule has 0 fully saturated rings. The fourth-order valence-corrected chi connectivity index (χ4v) is 1.64. The maximum atomic E-state index is 12.9. The lowest BCUT2D eigenvalue weighted by atomic mass is 10.2. The Morgan fingerprint density at radius 3 is 2.72 bits per heavy atom. The Labute approximate surface area is 111 Å². The molecule has 0 spiro atoms. The van der Waals surface area contributed by atoms with Crippen LogP contribution in [0, 0.1) is 5.82 Å². The topological polar surface area (TPSA) is 86.6 Å². The van der Waals surface area contributed by atoms with E-state index in [9.17, 15) is 14.0 Å². The Hall–Kier alpha value is -1.47. The molecule has 5 nitrogen and oxygen atoms in total. The van der Waals surface area contributed by atoms with Gasteiger partial charge in [0.15, 0.2) is 6.10 Å². The van der Waals surface area contributed by atoms with E-state index < -0.39 is 23.8 Å². The van der Waals surface area contributed by atoms with Gasteiger partial charge in [-0.1, -0.05) is 0 Å². The smallest absolute Gasteiger partial charge is 0.332 e. The first-order chi connectivity index (χ1) is 8.41. The van der Waals surface area contributed by atoms with Crippen LogP contribution in [0.1, 0.15) is 16.8 Å². The number of carbonyl (C=O) groups is 2. The van der Waals surface area contributed by atoms with Crippen molar-refractivity contribution in [1.82, 2.24) is 5.32 Å². The van der Waals surface area contributed by atoms with Gasteiger partial charge in [-0.25, -0.2) is 9.18 Å². The number of aliphatic hydroxyl groups is 1. The highest BCUT2D eigenvalue weighted by atomic mass is 79.9. The van der Waals surface area contributed by atoms with Crippen LogP contribution in [0.5, 0.6) is 0 Å². The van der Waals surface area contributed by atoms with Gasteiger partial charge in [0.2, 0.25) is 0 Å². The normalized spacial score (nSPS) is 11.9. The maximum absolute atomic E-state index is 12.9. The average Bonchev–Trinajstić information content (AvgIpc) is 2.31. The molecule has 98 valence electrons. The second kappa shape index (κ2) is 6.46. The molecule has 1 amide bonds. The zero-order chi connectivity index (χ0) is 13.7. The summed E-state index contributed by atoms with van der Waals surface area (Å²) in [7, 11) is 0. The second-order valence-electron chi connectivity index (χ2n) is 3.52. The number of aliphatic carboxylic acids is 1. The fourth-order valence-electron chi connectivity index (χ4n) is 1.21. The molecule has 0 saturated heterocycles. The van der Waals surface area contributed by atoms with Crippen LogP contribution in [0.15, 0.2) is 22.7 Å². The minimum atomic E-state index is -1.53. The van der Waals surface area contributed by atoms with Gasteiger partial charge in [0.25, 0.3) is 5.91 Å². The number of hydrogen-bond donors (Lipinski definition) is 3. The van der Waals surface area contributed by atoms with Gasteiger partial charge in [-0.15, -0.1) is 0 Å². The van der Waals surface area contributed by atoms with Crippen molar-refractivity contribution in [1.29, 1.82) is 0 Å². The van der Waals surface area contributed by atoms with E-state index >= 15 is 0 Å². The van der Waals surface area contributed by atoms with Gasteiger partial charge in [-0.05, 0) is 34.1 Å². The molecule has 1 atom stereocenters. The monoisotopic (exact) mass is 319 g/mol. The first-order valence-electron chi connectivity index (χ1n) is 5.06. The van der Waals surface area contributed by atoms with Crippen LogP contribution in [0.4, 0.5) is 4.39 Å². The molecule has 0 bridgehead atoms. The standard InChI is InChI=1S/C11H11BrFNO4/c12-8-2-1-6(13)5-7(8)10(16)14-4-3-9(15)11(17)18/h1-2,5,9,15H,3-4H2,(H,14,16)(H,17,18). The van der Waals surface area contributed by atoms with Gasteiger partial charge in [0, 0.05) is 17.4 Å². The number of aliphatic hydroxyl groups excluding tert-OH is 1. The van der Waals surface area contributed by atoms with E-state index in [1.165, 1.54) is 12.1 Å². The highest BCUT2D eigenvalue weighted by molar-refractivity contribution is 9.10. The Balaban J connectivity index is 2.55. The molecule has 0 saturated carbocycles. The summed E-state index contributed by atoms with van der Waals surface area (Å²) in [5, 5.41) is 19.8. The molecule has 1 rings (SSSR count). The second-order valence-corrected chi connectivity index (χ2v) is 4.38. The molecule has 0 aromatic heterocycles. The van der Waals surface area contributed by atoms with E-state index in [2.05, 4.69) is 21.2 Å². The molecule has 7 heteroatoms. The quantitative estimate of drug-likeness (QED) is 0.760. The van der Waals surface area contributed by atoms with Crippen LogP contribution < -0.4 is 5.32 Å². The fraction of sp³-hybridized carbons (Fsp3) is 0.273. The predicted octanol–water partition coefficient (Wildman–Crippen LogP) is 1.15. The predicted molar refractivity (Wildman–Crippen MR) is 64.7 cm³/mol. The van der Waals surface area contributed by atoms with Gasteiger partial charge < -0.3 is 15.5 Å². The summed E-state index contributed by atoms with van der Waals surface area (Å²) in [5.74, 6) is -2.44. The molecule has 1 unspecified atom stereocenters. The lowest BCUT2D eigenvalue weighted by Gasteiger charge is -2.08. The van der Waals surface area contributed by atoms with Crippen molar-refractivity contribution in [2.45, 2.75) is 12.5 Å². The van der Waals surface area contributed by atoms with Gasteiger partial charge >= 0.3 is 5.97 Å². The number of benzene rings is 1. The van der Waals surface area contributed by atoms with E-state index in [0.717, 1.165) is 6.07 Å². The molecule has 1 aromatic rings. The van der Waals surface area contributed by atoms with Gasteiger partial charge in [-0.2, -0.15) is 0 Å². The van der Waals surface area contributed by atoms with Crippen molar-refractivity contribution >= 4 is 27.8 Å². The number of rotatable bonds is 5. The Bertz CT molecular complexity index is 466. The molecule has 0 aliphatic carbocycles. The van der Waals surface area contributed by atoms with Gasteiger partial charge in [0.1, 0.15) is 5.82 Å². The number of carboxylic acids is 1. The van der Waals surface area contributed by atoms with E-state index in [4.69, 9.17) is 10.2 Å². The lowest BCUT2D eigenvalue weighted by Crippen LogP contribution is -2.30. The van der Waals surface area contributed by atoms with E-state index in [1.807, 2.05) is 0 Å². The summed E-state index contributed by atoms with van der Waals surface area (Å²) in [6, 6.07) is 3.67. The zero-order valence-electron chi connectivity index (χ0n) is 9.19.